The number of hydrogen-bond acceptors (Lipinski definition) is 5. The zero-order chi connectivity index (χ0) is 14.0. The van der Waals surface area contributed by atoms with Crippen molar-refractivity contribution in [3.05, 3.63) is 35.7 Å². The third-order valence-electron chi connectivity index (χ3n) is 4.05. The average molecular weight is 273 g/mol. The van der Waals surface area contributed by atoms with E-state index in [0.29, 0.717) is 18.3 Å². The van der Waals surface area contributed by atoms with Gasteiger partial charge in [-0.05, 0) is 43.9 Å². The maximum atomic E-state index is 5.65. The molecule has 0 unspecified atom stereocenters. The van der Waals surface area contributed by atoms with E-state index >= 15 is 0 Å². The van der Waals surface area contributed by atoms with Crippen LogP contribution in [-0.4, -0.2) is 23.8 Å². The summed E-state index contributed by atoms with van der Waals surface area (Å²) < 4.78 is 11.0. The summed E-state index contributed by atoms with van der Waals surface area (Å²) >= 11 is 0. The van der Waals surface area contributed by atoms with Crippen molar-refractivity contribution in [2.45, 2.75) is 31.3 Å². The minimum atomic E-state index is -0.343. The number of benzene rings is 1. The molecule has 0 bridgehead atoms. The van der Waals surface area contributed by atoms with E-state index in [9.17, 15) is 0 Å². The summed E-state index contributed by atoms with van der Waals surface area (Å²) in [6, 6.07) is 7.99. The molecule has 0 spiro atoms. The molecule has 1 aliphatic rings. The Hall–Kier alpha value is -1.72. The van der Waals surface area contributed by atoms with E-state index in [1.807, 2.05) is 24.3 Å². The Morgan fingerprint density at radius 3 is 2.80 bits per heavy atom. The van der Waals surface area contributed by atoms with E-state index in [1.165, 1.54) is 0 Å². The molecule has 106 valence electrons. The normalized spacial score (nSPS) is 16.9. The molecule has 1 heterocycles. The van der Waals surface area contributed by atoms with Crippen LogP contribution in [0.25, 0.3) is 11.5 Å². The maximum Gasteiger partial charge on any atom is 0.258 e. The van der Waals surface area contributed by atoms with Crippen molar-refractivity contribution in [2.24, 2.45) is 5.73 Å². The standard InChI is InChI=1S/C15H19N3O2/c1-19-15(8-4-9-15)14-17-13(20-18-14)12-6-3-2-5-11(12)7-10-16/h2-3,5-6H,4,7-10,16H2,1H3. The lowest BCUT2D eigenvalue weighted by molar-refractivity contribution is -0.0858. The van der Waals surface area contributed by atoms with Crippen LogP contribution in [0.4, 0.5) is 0 Å². The Bertz CT molecular complexity index is 585. The molecule has 1 fully saturated rings. The molecule has 5 nitrogen and oxygen atoms in total. The molecule has 1 aliphatic carbocycles. The van der Waals surface area contributed by atoms with E-state index in [2.05, 4.69) is 10.1 Å². The van der Waals surface area contributed by atoms with E-state index in [0.717, 1.165) is 36.8 Å². The second-order valence-electron chi connectivity index (χ2n) is 5.17. The van der Waals surface area contributed by atoms with Crippen LogP contribution in [0.15, 0.2) is 28.8 Å². The summed E-state index contributed by atoms with van der Waals surface area (Å²) in [6.45, 7) is 0.597. The van der Waals surface area contributed by atoms with Gasteiger partial charge in [-0.1, -0.05) is 23.4 Å². The highest BCUT2D eigenvalue weighted by molar-refractivity contribution is 5.58. The van der Waals surface area contributed by atoms with Gasteiger partial charge in [0.1, 0.15) is 5.60 Å². The molecule has 5 heteroatoms. The molecule has 3 rings (SSSR count). The fourth-order valence-electron chi connectivity index (χ4n) is 2.64. The summed E-state index contributed by atoms with van der Waals surface area (Å²) in [6.07, 6.45) is 3.84. The monoisotopic (exact) mass is 273 g/mol. The highest BCUT2D eigenvalue weighted by Crippen LogP contribution is 2.43. The van der Waals surface area contributed by atoms with Crippen LogP contribution < -0.4 is 5.73 Å². The topological polar surface area (TPSA) is 74.2 Å². The van der Waals surface area contributed by atoms with Crippen LogP contribution in [-0.2, 0) is 16.8 Å². The first-order chi connectivity index (χ1) is 9.79. The minimum absolute atomic E-state index is 0.343. The molecule has 0 saturated heterocycles. The number of rotatable bonds is 5. The zero-order valence-electron chi connectivity index (χ0n) is 11.6. The number of methoxy groups -OCH3 is 1. The van der Waals surface area contributed by atoms with Crippen molar-refractivity contribution in [2.75, 3.05) is 13.7 Å². The highest BCUT2D eigenvalue weighted by Gasteiger charge is 2.43. The van der Waals surface area contributed by atoms with Crippen LogP contribution in [0.2, 0.25) is 0 Å². The van der Waals surface area contributed by atoms with Crippen molar-refractivity contribution in [1.29, 1.82) is 0 Å². The molecule has 0 atom stereocenters. The number of aromatic nitrogens is 2. The Balaban J connectivity index is 1.94. The Morgan fingerprint density at radius 1 is 1.35 bits per heavy atom. The van der Waals surface area contributed by atoms with E-state index in [-0.39, 0.29) is 5.60 Å². The summed E-state index contributed by atoms with van der Waals surface area (Å²) in [5.74, 6) is 1.20. The van der Waals surface area contributed by atoms with Crippen LogP contribution in [0.3, 0.4) is 0 Å². The second-order valence-corrected chi connectivity index (χ2v) is 5.17. The predicted octanol–water partition coefficient (Wildman–Crippen LogP) is 2.26. The quantitative estimate of drug-likeness (QED) is 0.904. The highest BCUT2D eigenvalue weighted by atomic mass is 16.5. The summed E-state index contributed by atoms with van der Waals surface area (Å²) in [4.78, 5) is 4.54. The lowest BCUT2D eigenvalue weighted by Crippen LogP contribution is -2.37. The van der Waals surface area contributed by atoms with Gasteiger partial charge in [0.25, 0.3) is 5.89 Å². The van der Waals surface area contributed by atoms with Crippen molar-refractivity contribution in [3.8, 4) is 11.5 Å². The van der Waals surface area contributed by atoms with E-state index < -0.39 is 0 Å². The maximum absolute atomic E-state index is 5.65. The van der Waals surface area contributed by atoms with Gasteiger partial charge in [0.05, 0.1) is 0 Å². The minimum Gasteiger partial charge on any atom is -0.370 e. The first-order valence-corrected chi connectivity index (χ1v) is 6.97. The molecule has 20 heavy (non-hydrogen) atoms. The van der Waals surface area contributed by atoms with Crippen LogP contribution >= 0.6 is 0 Å². The van der Waals surface area contributed by atoms with E-state index in [1.54, 1.807) is 7.11 Å². The number of nitrogens with two attached hydrogens (primary N) is 1. The van der Waals surface area contributed by atoms with Crippen LogP contribution in [0.1, 0.15) is 30.7 Å². The average Bonchev–Trinajstić information content (AvgIpc) is 2.89. The molecule has 2 aromatic rings. The van der Waals surface area contributed by atoms with Gasteiger partial charge >= 0.3 is 0 Å². The second kappa shape index (κ2) is 5.34. The summed E-state index contributed by atoms with van der Waals surface area (Å²) in [5.41, 5.74) is 7.40. The zero-order valence-corrected chi connectivity index (χ0v) is 11.6. The van der Waals surface area contributed by atoms with E-state index in [4.69, 9.17) is 15.0 Å². The largest absolute Gasteiger partial charge is 0.370 e. The van der Waals surface area contributed by atoms with Crippen molar-refractivity contribution >= 4 is 0 Å². The molecule has 0 aliphatic heterocycles. The van der Waals surface area contributed by atoms with Gasteiger partial charge in [0, 0.05) is 12.7 Å². The van der Waals surface area contributed by atoms with Gasteiger partial charge in [-0.3, -0.25) is 0 Å². The van der Waals surface area contributed by atoms with Crippen LogP contribution in [0, 0.1) is 0 Å². The molecule has 0 radical (unpaired) electrons. The van der Waals surface area contributed by atoms with Crippen molar-refractivity contribution < 1.29 is 9.26 Å². The van der Waals surface area contributed by atoms with Gasteiger partial charge in [-0.25, -0.2) is 0 Å². The van der Waals surface area contributed by atoms with Crippen LogP contribution in [0.5, 0.6) is 0 Å². The predicted molar refractivity (Wildman–Crippen MR) is 75.0 cm³/mol. The smallest absolute Gasteiger partial charge is 0.258 e. The van der Waals surface area contributed by atoms with Gasteiger partial charge < -0.3 is 15.0 Å². The molecule has 1 saturated carbocycles. The van der Waals surface area contributed by atoms with Crippen molar-refractivity contribution in [1.82, 2.24) is 10.1 Å². The molecule has 1 aromatic carbocycles. The third-order valence-corrected chi connectivity index (χ3v) is 4.05. The Kier molecular flexibility index (Phi) is 3.54. The Morgan fingerprint density at radius 2 is 2.15 bits per heavy atom. The summed E-state index contributed by atoms with van der Waals surface area (Å²) in [5, 5.41) is 4.12. The first kappa shape index (κ1) is 13.3. The SMILES string of the molecule is COC1(c2noc(-c3ccccc3CCN)n2)CCC1. The van der Waals surface area contributed by atoms with Gasteiger partial charge in [-0.2, -0.15) is 4.98 Å². The molecule has 0 amide bonds. The molecular formula is C15H19N3O2. The third kappa shape index (κ3) is 2.13. The Labute approximate surface area is 118 Å². The fourth-order valence-corrected chi connectivity index (χ4v) is 2.64. The van der Waals surface area contributed by atoms with Crippen molar-refractivity contribution in [3.63, 3.8) is 0 Å². The lowest BCUT2D eigenvalue weighted by atomic mass is 9.79. The number of hydrogen-bond donors (Lipinski definition) is 1. The van der Waals surface area contributed by atoms with Gasteiger partial charge in [-0.15, -0.1) is 0 Å². The molecular weight excluding hydrogens is 254 g/mol. The number of ether oxygens (including phenoxy) is 1. The number of nitrogens with zero attached hydrogens (tertiary/aromatic N) is 2. The van der Waals surface area contributed by atoms with Gasteiger partial charge in [0.15, 0.2) is 0 Å². The molecule has 2 N–H and O–H groups in total. The van der Waals surface area contributed by atoms with Gasteiger partial charge in [0.2, 0.25) is 5.82 Å². The molecule has 1 aromatic heterocycles. The lowest BCUT2D eigenvalue weighted by Gasteiger charge is -2.37. The summed E-state index contributed by atoms with van der Waals surface area (Å²) in [7, 11) is 1.71. The fraction of sp³-hybridized carbons (Fsp3) is 0.467. The first-order valence-electron chi connectivity index (χ1n) is 6.97.